The smallest absolute Gasteiger partial charge is 0.349 e. The topological polar surface area (TPSA) is 84.6 Å². The first-order valence-electron chi connectivity index (χ1n) is 6.93. The number of fused-ring (bicyclic) bond motifs is 1. The molecule has 2 heterocycles. The predicted molar refractivity (Wildman–Crippen MR) is 86.4 cm³/mol. The van der Waals surface area contributed by atoms with E-state index >= 15 is 0 Å². The number of pyridine rings is 1. The van der Waals surface area contributed by atoms with Gasteiger partial charge in [0, 0.05) is 23.3 Å². The van der Waals surface area contributed by atoms with Gasteiger partial charge in [-0.25, -0.2) is 10.2 Å². The highest BCUT2D eigenvalue weighted by Crippen LogP contribution is 2.12. The summed E-state index contributed by atoms with van der Waals surface area (Å²) in [6, 6.07) is 12.1. The molecule has 1 amide bonds. The van der Waals surface area contributed by atoms with Crippen molar-refractivity contribution in [1.82, 2.24) is 10.4 Å². The summed E-state index contributed by atoms with van der Waals surface area (Å²) < 4.78 is 5.13. The Balaban J connectivity index is 1.86. The highest BCUT2D eigenvalue weighted by molar-refractivity contribution is 6.01. The van der Waals surface area contributed by atoms with Crippen molar-refractivity contribution in [3.8, 4) is 0 Å². The minimum atomic E-state index is -0.699. The molecule has 3 aromatic rings. The van der Waals surface area contributed by atoms with Crippen LogP contribution in [0.2, 0.25) is 0 Å². The number of aromatic nitrogens is 1. The fraction of sp³-hybridized carbons (Fsp3) is 0.0588. The van der Waals surface area contributed by atoms with Gasteiger partial charge in [0.15, 0.2) is 0 Å². The monoisotopic (exact) mass is 307 g/mol. The van der Waals surface area contributed by atoms with Gasteiger partial charge in [-0.1, -0.05) is 24.3 Å². The van der Waals surface area contributed by atoms with Crippen LogP contribution in [0.5, 0.6) is 0 Å². The summed E-state index contributed by atoms with van der Waals surface area (Å²) in [6.45, 7) is 1.74. The Morgan fingerprint density at radius 3 is 2.83 bits per heavy atom. The normalized spacial score (nSPS) is 11.4. The Morgan fingerprint density at radius 1 is 1.22 bits per heavy atom. The van der Waals surface area contributed by atoms with Crippen molar-refractivity contribution in [2.75, 3.05) is 0 Å². The van der Waals surface area contributed by atoms with Crippen molar-refractivity contribution in [1.29, 1.82) is 0 Å². The van der Waals surface area contributed by atoms with Crippen molar-refractivity contribution in [3.63, 3.8) is 0 Å². The molecule has 0 aliphatic heterocycles. The van der Waals surface area contributed by atoms with E-state index in [-0.39, 0.29) is 5.56 Å². The van der Waals surface area contributed by atoms with Crippen LogP contribution in [-0.4, -0.2) is 16.6 Å². The fourth-order valence-electron chi connectivity index (χ4n) is 2.06. The Morgan fingerprint density at radius 2 is 2.04 bits per heavy atom. The molecule has 1 N–H and O–H groups in total. The van der Waals surface area contributed by atoms with Crippen molar-refractivity contribution in [2.45, 2.75) is 6.92 Å². The van der Waals surface area contributed by atoms with Crippen LogP contribution < -0.4 is 11.1 Å². The van der Waals surface area contributed by atoms with Crippen LogP contribution in [0.1, 0.15) is 22.8 Å². The van der Waals surface area contributed by atoms with Crippen molar-refractivity contribution < 1.29 is 9.21 Å². The maximum Gasteiger partial charge on any atom is 0.349 e. The summed E-state index contributed by atoms with van der Waals surface area (Å²) in [4.78, 5) is 28.0. The third-order valence-corrected chi connectivity index (χ3v) is 3.29. The van der Waals surface area contributed by atoms with E-state index < -0.39 is 11.5 Å². The van der Waals surface area contributed by atoms with Gasteiger partial charge >= 0.3 is 5.63 Å². The van der Waals surface area contributed by atoms with Crippen LogP contribution in [0.3, 0.4) is 0 Å². The first-order valence-corrected chi connectivity index (χ1v) is 6.93. The number of rotatable bonds is 3. The quantitative estimate of drug-likeness (QED) is 0.457. The molecule has 6 heteroatoms. The highest BCUT2D eigenvalue weighted by atomic mass is 16.4. The Kier molecular flexibility index (Phi) is 3.97. The molecule has 0 unspecified atom stereocenters. The molecule has 23 heavy (non-hydrogen) atoms. The number of hydrogen-bond acceptors (Lipinski definition) is 5. The Bertz CT molecular complexity index is 946. The van der Waals surface area contributed by atoms with Gasteiger partial charge in [0.2, 0.25) is 0 Å². The molecule has 114 valence electrons. The average Bonchev–Trinajstić information content (AvgIpc) is 2.59. The number of nitrogens with one attached hydrogen (secondary N) is 1. The van der Waals surface area contributed by atoms with Crippen molar-refractivity contribution >= 4 is 22.6 Å². The summed E-state index contributed by atoms with van der Waals surface area (Å²) >= 11 is 0. The van der Waals surface area contributed by atoms with Crippen LogP contribution in [0.15, 0.2) is 69.2 Å². The Hall–Kier alpha value is -3.28. The van der Waals surface area contributed by atoms with Crippen molar-refractivity contribution in [2.24, 2.45) is 5.10 Å². The second-order valence-corrected chi connectivity index (χ2v) is 4.87. The molecule has 0 aliphatic carbocycles. The van der Waals surface area contributed by atoms with Gasteiger partial charge in [-0.3, -0.25) is 9.78 Å². The van der Waals surface area contributed by atoms with Gasteiger partial charge in [0.05, 0.1) is 5.71 Å². The molecule has 1 aromatic carbocycles. The van der Waals surface area contributed by atoms with Gasteiger partial charge in [0.25, 0.3) is 5.91 Å². The summed E-state index contributed by atoms with van der Waals surface area (Å²) in [5.41, 5.74) is 3.36. The molecule has 0 atom stereocenters. The van der Waals surface area contributed by atoms with E-state index in [2.05, 4.69) is 15.5 Å². The van der Waals surface area contributed by atoms with Gasteiger partial charge < -0.3 is 4.42 Å². The van der Waals surface area contributed by atoms with Gasteiger partial charge in [-0.05, 0) is 25.1 Å². The molecule has 0 radical (unpaired) electrons. The molecular formula is C17H13N3O3. The SMILES string of the molecule is C/C(=N\NC(=O)c1cc2ccccc2oc1=O)c1cccnc1. The number of hydrogen-bond donors (Lipinski definition) is 1. The lowest BCUT2D eigenvalue weighted by molar-refractivity contribution is 0.0951. The van der Waals surface area contributed by atoms with E-state index in [1.165, 1.54) is 6.07 Å². The summed E-state index contributed by atoms with van der Waals surface area (Å²) in [5.74, 6) is -0.618. The van der Waals surface area contributed by atoms with Crippen LogP contribution in [0.25, 0.3) is 11.0 Å². The number of carbonyl (C=O) groups excluding carboxylic acids is 1. The number of nitrogens with zero attached hydrogens (tertiary/aromatic N) is 2. The lowest BCUT2D eigenvalue weighted by Gasteiger charge is -2.03. The number of amides is 1. The number of para-hydroxylation sites is 1. The van der Waals surface area contributed by atoms with Gasteiger partial charge in [-0.2, -0.15) is 5.10 Å². The summed E-state index contributed by atoms with van der Waals surface area (Å²) in [5, 5.41) is 4.66. The number of hydrazone groups is 1. The second kappa shape index (κ2) is 6.23. The molecule has 0 aliphatic rings. The first kappa shape index (κ1) is 14.6. The zero-order valence-corrected chi connectivity index (χ0v) is 12.3. The van der Waals surface area contributed by atoms with E-state index in [1.807, 2.05) is 6.07 Å². The zero-order valence-electron chi connectivity index (χ0n) is 12.3. The molecular weight excluding hydrogens is 294 g/mol. The number of carbonyl (C=O) groups is 1. The highest BCUT2D eigenvalue weighted by Gasteiger charge is 2.13. The van der Waals surface area contributed by atoms with E-state index in [9.17, 15) is 9.59 Å². The molecule has 0 spiro atoms. The fourth-order valence-corrected chi connectivity index (χ4v) is 2.06. The van der Waals surface area contributed by atoms with E-state index in [1.54, 1.807) is 49.6 Å². The minimum absolute atomic E-state index is 0.0913. The van der Waals surface area contributed by atoms with E-state index in [0.717, 1.165) is 5.56 Å². The van der Waals surface area contributed by atoms with Gasteiger partial charge in [-0.15, -0.1) is 0 Å². The third kappa shape index (κ3) is 3.16. The first-order chi connectivity index (χ1) is 11.1. The summed E-state index contributed by atoms with van der Waals surface area (Å²) in [7, 11) is 0. The maximum absolute atomic E-state index is 12.2. The molecule has 0 saturated carbocycles. The maximum atomic E-state index is 12.2. The molecule has 0 saturated heterocycles. The van der Waals surface area contributed by atoms with Gasteiger partial charge in [0.1, 0.15) is 11.1 Å². The second-order valence-electron chi connectivity index (χ2n) is 4.87. The lowest BCUT2D eigenvalue weighted by atomic mass is 10.2. The summed E-state index contributed by atoms with van der Waals surface area (Å²) in [6.07, 6.45) is 3.28. The predicted octanol–water partition coefficient (Wildman–Crippen LogP) is 2.34. The molecule has 6 nitrogen and oxygen atoms in total. The molecule has 3 rings (SSSR count). The number of benzene rings is 1. The van der Waals surface area contributed by atoms with Crippen LogP contribution >= 0.6 is 0 Å². The van der Waals surface area contributed by atoms with E-state index in [0.29, 0.717) is 16.7 Å². The molecule has 0 bridgehead atoms. The van der Waals surface area contributed by atoms with Crippen LogP contribution in [-0.2, 0) is 0 Å². The van der Waals surface area contributed by atoms with Crippen LogP contribution in [0.4, 0.5) is 0 Å². The van der Waals surface area contributed by atoms with Crippen LogP contribution in [0, 0.1) is 0 Å². The minimum Gasteiger partial charge on any atom is -0.422 e. The lowest BCUT2D eigenvalue weighted by Crippen LogP contribution is -2.25. The molecule has 0 fully saturated rings. The third-order valence-electron chi connectivity index (χ3n) is 3.29. The standard InChI is InChI=1S/C17H13N3O3/c1-11(13-6-4-8-18-10-13)19-20-16(21)14-9-12-5-2-3-7-15(12)23-17(14)22/h2-10H,1H3,(H,20,21)/b19-11+. The average molecular weight is 307 g/mol. The Labute approximate surface area is 131 Å². The van der Waals surface area contributed by atoms with E-state index in [4.69, 9.17) is 4.42 Å². The van der Waals surface area contributed by atoms with Crippen molar-refractivity contribution in [3.05, 3.63) is 76.4 Å². The molecule has 2 aromatic heterocycles. The largest absolute Gasteiger partial charge is 0.422 e. The zero-order chi connectivity index (χ0) is 16.2.